The fourth-order valence-electron chi connectivity index (χ4n) is 3.07. The number of anilines is 2. The summed E-state index contributed by atoms with van der Waals surface area (Å²) in [6, 6.07) is 5.09. The van der Waals surface area contributed by atoms with E-state index in [0.29, 0.717) is 62.2 Å². The second-order valence-corrected chi connectivity index (χ2v) is 6.15. The minimum Gasteiger partial charge on any atom is -0.360 e. The molecule has 0 bridgehead atoms. The largest absolute Gasteiger partial charge is 0.360 e. The second-order valence-electron chi connectivity index (χ2n) is 6.15. The van der Waals surface area contributed by atoms with E-state index in [1.165, 1.54) is 0 Å². The van der Waals surface area contributed by atoms with Crippen LogP contribution in [0.25, 0.3) is 0 Å². The molecule has 0 aliphatic carbocycles. The van der Waals surface area contributed by atoms with Gasteiger partial charge in [-0.3, -0.25) is 4.79 Å². The standard InChI is InChI=1S/C16H19N5O4/c1-11-10-14(20-25-11)17-13-3-2-12(18-19-13)15(22)21-6-4-16(5-7-21)23-8-9-24-16/h2-3,10H,4-9H2,1H3,(H,17,19,20). The molecule has 0 aromatic carbocycles. The Hall–Kier alpha value is -2.52. The highest BCUT2D eigenvalue weighted by molar-refractivity contribution is 5.92. The molecular formula is C16H19N5O4. The molecule has 0 saturated carbocycles. The summed E-state index contributed by atoms with van der Waals surface area (Å²) in [4.78, 5) is 14.3. The van der Waals surface area contributed by atoms with Gasteiger partial charge in [0.1, 0.15) is 5.76 Å². The molecule has 0 unspecified atom stereocenters. The molecule has 9 nitrogen and oxygen atoms in total. The molecule has 2 saturated heterocycles. The van der Waals surface area contributed by atoms with Gasteiger partial charge in [-0.05, 0) is 19.1 Å². The van der Waals surface area contributed by atoms with Crippen molar-refractivity contribution in [3.05, 3.63) is 29.7 Å². The normalized spacial score (nSPS) is 19.3. The lowest BCUT2D eigenvalue weighted by Gasteiger charge is -2.37. The number of likely N-dealkylation sites (tertiary alicyclic amines) is 1. The van der Waals surface area contributed by atoms with Crippen molar-refractivity contribution in [3.8, 4) is 0 Å². The van der Waals surface area contributed by atoms with E-state index in [1.807, 2.05) is 0 Å². The predicted molar refractivity (Wildman–Crippen MR) is 86.3 cm³/mol. The van der Waals surface area contributed by atoms with Gasteiger partial charge < -0.3 is 24.2 Å². The van der Waals surface area contributed by atoms with E-state index in [1.54, 1.807) is 30.0 Å². The van der Waals surface area contributed by atoms with Crippen molar-refractivity contribution in [2.24, 2.45) is 0 Å². The average Bonchev–Trinajstić information content (AvgIpc) is 3.25. The number of nitrogens with one attached hydrogen (secondary N) is 1. The van der Waals surface area contributed by atoms with E-state index in [2.05, 4.69) is 20.7 Å². The highest BCUT2D eigenvalue weighted by Crippen LogP contribution is 2.31. The Bertz CT molecular complexity index is 744. The first kappa shape index (κ1) is 16.0. The van der Waals surface area contributed by atoms with Crippen LogP contribution in [0.4, 0.5) is 11.6 Å². The number of hydrogen-bond donors (Lipinski definition) is 1. The van der Waals surface area contributed by atoms with Crippen LogP contribution in [0.5, 0.6) is 0 Å². The topological polar surface area (TPSA) is 103 Å². The molecule has 132 valence electrons. The summed E-state index contributed by atoms with van der Waals surface area (Å²) in [5, 5.41) is 14.8. The first-order valence-corrected chi connectivity index (χ1v) is 8.25. The summed E-state index contributed by atoms with van der Waals surface area (Å²) in [5.74, 6) is 1.11. The summed E-state index contributed by atoms with van der Waals surface area (Å²) < 4.78 is 16.3. The van der Waals surface area contributed by atoms with Crippen LogP contribution in [-0.4, -0.2) is 58.3 Å². The van der Waals surface area contributed by atoms with Crippen LogP contribution < -0.4 is 5.32 Å². The molecule has 2 fully saturated rings. The number of aryl methyl sites for hydroxylation is 1. The van der Waals surface area contributed by atoms with Gasteiger partial charge >= 0.3 is 0 Å². The van der Waals surface area contributed by atoms with Crippen LogP contribution in [0.15, 0.2) is 22.7 Å². The summed E-state index contributed by atoms with van der Waals surface area (Å²) in [6.45, 7) is 4.21. The van der Waals surface area contributed by atoms with E-state index >= 15 is 0 Å². The predicted octanol–water partition coefficient (Wildman–Crippen LogP) is 1.50. The van der Waals surface area contributed by atoms with Gasteiger partial charge in [-0.1, -0.05) is 5.16 Å². The number of ether oxygens (including phenoxy) is 2. The summed E-state index contributed by atoms with van der Waals surface area (Å²) in [6.07, 6.45) is 1.36. The van der Waals surface area contributed by atoms with Gasteiger partial charge in [0.2, 0.25) is 0 Å². The van der Waals surface area contributed by atoms with E-state index < -0.39 is 5.79 Å². The molecule has 0 atom stereocenters. The van der Waals surface area contributed by atoms with Crippen LogP contribution in [-0.2, 0) is 9.47 Å². The number of piperidine rings is 1. The fourth-order valence-corrected chi connectivity index (χ4v) is 3.07. The third kappa shape index (κ3) is 3.33. The summed E-state index contributed by atoms with van der Waals surface area (Å²) >= 11 is 0. The van der Waals surface area contributed by atoms with Crippen LogP contribution in [0.2, 0.25) is 0 Å². The Morgan fingerprint density at radius 2 is 1.92 bits per heavy atom. The van der Waals surface area contributed by atoms with Crippen molar-refractivity contribution in [1.82, 2.24) is 20.3 Å². The summed E-state index contributed by atoms with van der Waals surface area (Å²) in [5.41, 5.74) is 0.311. The average molecular weight is 345 g/mol. The number of nitrogens with zero attached hydrogens (tertiary/aromatic N) is 4. The maximum Gasteiger partial charge on any atom is 0.274 e. The van der Waals surface area contributed by atoms with Crippen molar-refractivity contribution in [2.45, 2.75) is 25.6 Å². The zero-order chi connectivity index (χ0) is 17.3. The lowest BCUT2D eigenvalue weighted by molar-refractivity contribution is -0.181. The van der Waals surface area contributed by atoms with Gasteiger partial charge in [0.05, 0.1) is 13.2 Å². The number of amides is 1. The minimum absolute atomic E-state index is 0.135. The number of carbonyl (C=O) groups is 1. The number of rotatable bonds is 3. The van der Waals surface area contributed by atoms with Crippen LogP contribution in [0, 0.1) is 6.92 Å². The fraction of sp³-hybridized carbons (Fsp3) is 0.500. The Balaban J connectivity index is 1.37. The lowest BCUT2D eigenvalue weighted by Crippen LogP contribution is -2.47. The third-order valence-corrected chi connectivity index (χ3v) is 4.39. The van der Waals surface area contributed by atoms with Crippen molar-refractivity contribution < 1.29 is 18.8 Å². The SMILES string of the molecule is Cc1cc(Nc2ccc(C(=O)N3CCC4(CC3)OCCO4)nn2)no1. The quantitative estimate of drug-likeness (QED) is 0.893. The molecule has 4 heterocycles. The third-order valence-electron chi connectivity index (χ3n) is 4.39. The molecular weight excluding hydrogens is 326 g/mol. The monoisotopic (exact) mass is 345 g/mol. The molecule has 2 aliphatic heterocycles. The van der Waals surface area contributed by atoms with Gasteiger partial charge in [0.15, 0.2) is 23.1 Å². The van der Waals surface area contributed by atoms with Crippen molar-refractivity contribution >= 4 is 17.5 Å². The zero-order valence-electron chi connectivity index (χ0n) is 13.9. The van der Waals surface area contributed by atoms with E-state index in [0.717, 1.165) is 0 Å². The van der Waals surface area contributed by atoms with Crippen LogP contribution in [0.3, 0.4) is 0 Å². The molecule has 1 spiro atoms. The number of aromatic nitrogens is 3. The maximum absolute atomic E-state index is 12.6. The molecule has 9 heteroatoms. The molecule has 2 aromatic heterocycles. The summed E-state index contributed by atoms with van der Waals surface area (Å²) in [7, 11) is 0. The van der Waals surface area contributed by atoms with Gasteiger partial charge in [0, 0.05) is 32.0 Å². The van der Waals surface area contributed by atoms with Crippen molar-refractivity contribution in [1.29, 1.82) is 0 Å². The molecule has 25 heavy (non-hydrogen) atoms. The number of hydrogen-bond acceptors (Lipinski definition) is 8. The Morgan fingerprint density at radius 3 is 2.52 bits per heavy atom. The molecule has 1 N–H and O–H groups in total. The highest BCUT2D eigenvalue weighted by atomic mass is 16.7. The Morgan fingerprint density at radius 1 is 1.16 bits per heavy atom. The molecule has 2 aliphatic rings. The van der Waals surface area contributed by atoms with Gasteiger partial charge in [0.25, 0.3) is 5.91 Å². The minimum atomic E-state index is -0.494. The molecule has 4 rings (SSSR count). The Labute approximate surface area is 144 Å². The second kappa shape index (κ2) is 6.41. The molecule has 1 amide bonds. The zero-order valence-corrected chi connectivity index (χ0v) is 13.9. The first-order valence-electron chi connectivity index (χ1n) is 8.25. The lowest BCUT2D eigenvalue weighted by atomic mass is 10.0. The van der Waals surface area contributed by atoms with Gasteiger partial charge in [-0.15, -0.1) is 10.2 Å². The van der Waals surface area contributed by atoms with Crippen molar-refractivity contribution in [3.63, 3.8) is 0 Å². The van der Waals surface area contributed by atoms with Crippen LogP contribution >= 0.6 is 0 Å². The van der Waals surface area contributed by atoms with Crippen LogP contribution in [0.1, 0.15) is 29.1 Å². The van der Waals surface area contributed by atoms with Crippen molar-refractivity contribution in [2.75, 3.05) is 31.6 Å². The first-order chi connectivity index (χ1) is 12.1. The highest BCUT2D eigenvalue weighted by Gasteiger charge is 2.41. The van der Waals surface area contributed by atoms with E-state index in [4.69, 9.17) is 14.0 Å². The maximum atomic E-state index is 12.6. The molecule has 0 radical (unpaired) electrons. The molecule has 2 aromatic rings. The van der Waals surface area contributed by atoms with Gasteiger partial charge in [-0.2, -0.15) is 0 Å². The van der Waals surface area contributed by atoms with E-state index in [-0.39, 0.29) is 5.91 Å². The van der Waals surface area contributed by atoms with Gasteiger partial charge in [-0.25, -0.2) is 0 Å². The Kier molecular flexibility index (Phi) is 4.10. The smallest absolute Gasteiger partial charge is 0.274 e. The van der Waals surface area contributed by atoms with E-state index in [9.17, 15) is 4.79 Å². The number of carbonyl (C=O) groups excluding carboxylic acids is 1.